The molecule has 1 atom stereocenters. The fraction of sp³-hybridized carbons (Fsp3) is 0.348. The van der Waals surface area contributed by atoms with Crippen LogP contribution in [0.1, 0.15) is 42.4 Å². The normalized spacial score (nSPS) is 30.1. The minimum Gasteiger partial charge on any atom is -0.393 e. The number of nitrogens with one attached hydrogen (secondary N) is 1. The number of carbonyl (C=O) groups is 1. The van der Waals surface area contributed by atoms with Crippen LogP contribution in [0.4, 0.5) is 0 Å². The van der Waals surface area contributed by atoms with E-state index in [9.17, 15) is 15.2 Å². The standard InChI is InChI=1S/C23H22N4O2/c24-13-14-2-1-3-15(10-14)16-4-5-17-12-22(8-6-18(28)7-9-22)23(19(17)11-16)20(29)26-21(25)27-23/h1-5,10-11,18,28H,6-9,12H2,(H3,25,26,27,29). The van der Waals surface area contributed by atoms with E-state index in [2.05, 4.69) is 17.5 Å². The molecule has 2 spiro atoms. The first-order valence-corrected chi connectivity index (χ1v) is 9.96. The Balaban J connectivity index is 1.68. The van der Waals surface area contributed by atoms with Crippen LogP contribution in [0.25, 0.3) is 11.1 Å². The molecule has 1 fully saturated rings. The van der Waals surface area contributed by atoms with Crippen molar-refractivity contribution in [3.63, 3.8) is 0 Å². The largest absolute Gasteiger partial charge is 0.393 e. The molecule has 0 aromatic heterocycles. The number of carbonyl (C=O) groups excluding carboxylic acids is 1. The van der Waals surface area contributed by atoms with Gasteiger partial charge in [0.05, 0.1) is 17.7 Å². The number of hydrogen-bond donors (Lipinski definition) is 3. The lowest BCUT2D eigenvalue weighted by Crippen LogP contribution is -2.50. The number of nitrogens with zero attached hydrogens (tertiary/aromatic N) is 2. The molecular weight excluding hydrogens is 364 g/mol. The van der Waals surface area contributed by atoms with Crippen molar-refractivity contribution >= 4 is 11.9 Å². The average Bonchev–Trinajstić information content (AvgIpc) is 3.18. The highest BCUT2D eigenvalue weighted by Crippen LogP contribution is 2.61. The van der Waals surface area contributed by atoms with E-state index < -0.39 is 5.54 Å². The molecule has 1 amide bonds. The van der Waals surface area contributed by atoms with E-state index in [1.54, 1.807) is 6.07 Å². The summed E-state index contributed by atoms with van der Waals surface area (Å²) in [6.07, 6.45) is 3.21. The minimum absolute atomic E-state index is 0.158. The van der Waals surface area contributed by atoms with Gasteiger partial charge < -0.3 is 10.8 Å². The van der Waals surface area contributed by atoms with Gasteiger partial charge in [-0.2, -0.15) is 5.26 Å². The van der Waals surface area contributed by atoms with Crippen LogP contribution in [0.2, 0.25) is 0 Å². The number of aliphatic hydroxyl groups is 1. The maximum absolute atomic E-state index is 13.3. The molecule has 1 aliphatic heterocycles. The number of fused-ring (bicyclic) bond motifs is 3. The molecule has 146 valence electrons. The van der Waals surface area contributed by atoms with Crippen LogP contribution in [0.5, 0.6) is 0 Å². The van der Waals surface area contributed by atoms with E-state index in [1.807, 2.05) is 30.3 Å². The Kier molecular flexibility index (Phi) is 3.80. The number of amides is 1. The van der Waals surface area contributed by atoms with Crippen LogP contribution >= 0.6 is 0 Å². The van der Waals surface area contributed by atoms with Crippen LogP contribution in [0.15, 0.2) is 47.5 Å². The molecule has 5 rings (SSSR count). The third-order valence-electron chi connectivity index (χ3n) is 6.89. The molecule has 6 nitrogen and oxygen atoms in total. The first kappa shape index (κ1) is 17.9. The second kappa shape index (κ2) is 6.16. The second-order valence-electron chi connectivity index (χ2n) is 8.41. The van der Waals surface area contributed by atoms with E-state index >= 15 is 0 Å². The Morgan fingerprint density at radius 3 is 2.62 bits per heavy atom. The Hall–Kier alpha value is -3.17. The number of guanidine groups is 1. The molecule has 1 unspecified atom stereocenters. The predicted molar refractivity (Wildman–Crippen MR) is 109 cm³/mol. The van der Waals surface area contributed by atoms with Crippen molar-refractivity contribution in [1.82, 2.24) is 5.32 Å². The third kappa shape index (κ3) is 2.44. The zero-order chi connectivity index (χ0) is 20.2. The van der Waals surface area contributed by atoms with Crippen LogP contribution in [0.3, 0.4) is 0 Å². The highest BCUT2D eigenvalue weighted by Gasteiger charge is 2.64. The molecule has 0 radical (unpaired) electrons. The lowest BCUT2D eigenvalue weighted by molar-refractivity contribution is -0.130. The van der Waals surface area contributed by atoms with Gasteiger partial charge in [-0.1, -0.05) is 24.3 Å². The summed E-state index contributed by atoms with van der Waals surface area (Å²) in [7, 11) is 0. The summed E-state index contributed by atoms with van der Waals surface area (Å²) in [6.45, 7) is 0. The quantitative estimate of drug-likeness (QED) is 0.698. The molecule has 2 aromatic carbocycles. The zero-order valence-corrected chi connectivity index (χ0v) is 16.0. The molecule has 2 aromatic rings. The Morgan fingerprint density at radius 1 is 1.17 bits per heavy atom. The molecule has 0 bridgehead atoms. The van der Waals surface area contributed by atoms with Crippen LogP contribution in [-0.4, -0.2) is 23.1 Å². The summed E-state index contributed by atoms with van der Waals surface area (Å²) in [5.74, 6) is -0.0155. The first-order valence-electron chi connectivity index (χ1n) is 9.96. The van der Waals surface area contributed by atoms with Gasteiger partial charge in [-0.3, -0.25) is 10.1 Å². The first-order chi connectivity index (χ1) is 14.0. The summed E-state index contributed by atoms with van der Waals surface area (Å²) in [4.78, 5) is 18.0. The number of rotatable bonds is 1. The molecule has 29 heavy (non-hydrogen) atoms. The topological polar surface area (TPSA) is 112 Å². The highest BCUT2D eigenvalue weighted by atomic mass is 16.3. The third-order valence-corrected chi connectivity index (χ3v) is 6.89. The minimum atomic E-state index is -1.05. The molecule has 4 N–H and O–H groups in total. The van der Waals surface area contributed by atoms with Crippen molar-refractivity contribution < 1.29 is 9.90 Å². The Bertz CT molecular complexity index is 1090. The van der Waals surface area contributed by atoms with Crippen LogP contribution in [0, 0.1) is 16.7 Å². The van der Waals surface area contributed by atoms with Gasteiger partial charge >= 0.3 is 0 Å². The lowest BCUT2D eigenvalue weighted by Gasteiger charge is -2.44. The van der Waals surface area contributed by atoms with Gasteiger partial charge in [-0.05, 0) is 72.6 Å². The van der Waals surface area contributed by atoms with Crippen molar-refractivity contribution in [2.75, 3.05) is 0 Å². The molecule has 6 heteroatoms. The van der Waals surface area contributed by atoms with E-state index in [1.165, 1.54) is 0 Å². The van der Waals surface area contributed by atoms with Crippen molar-refractivity contribution in [2.45, 2.75) is 43.7 Å². The van der Waals surface area contributed by atoms with Gasteiger partial charge in [0.1, 0.15) is 0 Å². The number of aliphatic hydroxyl groups excluding tert-OH is 1. The number of nitrogens with two attached hydrogens (primary N) is 1. The van der Waals surface area contributed by atoms with E-state index in [-0.39, 0.29) is 23.4 Å². The number of benzene rings is 2. The predicted octanol–water partition coefficient (Wildman–Crippen LogP) is 2.34. The van der Waals surface area contributed by atoms with Gasteiger partial charge in [0, 0.05) is 5.41 Å². The summed E-state index contributed by atoms with van der Waals surface area (Å²) in [5.41, 5.74) is 9.03. The average molecular weight is 386 g/mol. The number of hydrogen-bond acceptors (Lipinski definition) is 5. The monoisotopic (exact) mass is 386 g/mol. The SMILES string of the molecule is N#Cc1cccc(-c2ccc3c(c2)C2(N=C(N)NC2=O)C2(CCC(O)CC2)C3)c1. The van der Waals surface area contributed by atoms with E-state index in [0.717, 1.165) is 41.5 Å². The molecule has 0 saturated heterocycles. The number of aliphatic imine (C=N–C) groups is 1. The maximum atomic E-state index is 13.3. The zero-order valence-electron chi connectivity index (χ0n) is 16.0. The van der Waals surface area contributed by atoms with E-state index in [0.29, 0.717) is 18.4 Å². The van der Waals surface area contributed by atoms with Gasteiger partial charge in [0.15, 0.2) is 11.5 Å². The van der Waals surface area contributed by atoms with Crippen LogP contribution in [-0.2, 0) is 16.8 Å². The lowest BCUT2D eigenvalue weighted by atomic mass is 9.61. The summed E-state index contributed by atoms with van der Waals surface area (Å²) in [6, 6.07) is 15.8. The van der Waals surface area contributed by atoms with Crippen molar-refractivity contribution in [2.24, 2.45) is 16.1 Å². The molecule has 3 aliphatic rings. The van der Waals surface area contributed by atoms with Crippen LogP contribution < -0.4 is 11.1 Å². The fourth-order valence-electron chi connectivity index (χ4n) is 5.50. The fourth-order valence-corrected chi connectivity index (χ4v) is 5.50. The second-order valence-corrected chi connectivity index (χ2v) is 8.41. The summed E-state index contributed by atoms with van der Waals surface area (Å²) in [5, 5.41) is 22.0. The van der Waals surface area contributed by atoms with Crippen molar-refractivity contribution in [3.8, 4) is 17.2 Å². The molecular formula is C23H22N4O2. The van der Waals surface area contributed by atoms with Gasteiger partial charge in [0.2, 0.25) is 0 Å². The summed E-state index contributed by atoms with van der Waals surface area (Å²) >= 11 is 0. The van der Waals surface area contributed by atoms with Crippen molar-refractivity contribution in [1.29, 1.82) is 5.26 Å². The molecule has 1 saturated carbocycles. The van der Waals surface area contributed by atoms with Gasteiger partial charge in [-0.15, -0.1) is 0 Å². The Labute approximate surface area is 169 Å². The van der Waals surface area contributed by atoms with Crippen molar-refractivity contribution in [3.05, 3.63) is 59.2 Å². The molecule has 2 aliphatic carbocycles. The molecule has 1 heterocycles. The highest BCUT2D eigenvalue weighted by molar-refractivity contribution is 6.08. The maximum Gasteiger partial charge on any atom is 0.259 e. The van der Waals surface area contributed by atoms with E-state index in [4.69, 9.17) is 10.7 Å². The van der Waals surface area contributed by atoms with Gasteiger partial charge in [0.25, 0.3) is 5.91 Å². The Morgan fingerprint density at radius 2 is 1.93 bits per heavy atom. The number of nitriles is 1. The van der Waals surface area contributed by atoms with Gasteiger partial charge in [-0.25, -0.2) is 4.99 Å². The summed E-state index contributed by atoms with van der Waals surface area (Å²) < 4.78 is 0. The smallest absolute Gasteiger partial charge is 0.259 e.